The Morgan fingerprint density at radius 3 is 1.25 bits per heavy atom. The number of aryl methyl sites for hydroxylation is 2. The number of benzene rings is 2. The van der Waals surface area contributed by atoms with E-state index in [1.54, 1.807) is 57.5 Å². The van der Waals surface area contributed by atoms with Gasteiger partial charge in [-0.1, -0.05) is 118 Å². The lowest BCUT2D eigenvalue weighted by molar-refractivity contribution is 0.633. The van der Waals surface area contributed by atoms with Crippen molar-refractivity contribution in [2.45, 2.75) is 155 Å². The van der Waals surface area contributed by atoms with Gasteiger partial charge in [-0.15, -0.1) is 45.3 Å². The van der Waals surface area contributed by atoms with Crippen molar-refractivity contribution in [3.05, 3.63) is 69.9 Å². The van der Waals surface area contributed by atoms with Crippen LogP contribution in [0.15, 0.2) is 48.5 Å². The van der Waals surface area contributed by atoms with E-state index in [1.807, 2.05) is 0 Å². The van der Waals surface area contributed by atoms with Crippen LogP contribution in [-0.2, 0) is 12.8 Å². The lowest BCUT2D eigenvalue weighted by atomic mass is 10.0. The molecule has 0 unspecified atom stereocenters. The zero-order valence-corrected chi connectivity index (χ0v) is 44.2. The van der Waals surface area contributed by atoms with E-state index in [0.717, 1.165) is 67.4 Å². The van der Waals surface area contributed by atoms with Crippen molar-refractivity contribution in [3.63, 3.8) is 0 Å². The van der Waals surface area contributed by atoms with Gasteiger partial charge in [-0.2, -0.15) is 17.5 Å². The Hall–Kier alpha value is -3.04. The Bertz CT molecular complexity index is 2670. The Morgan fingerprint density at radius 1 is 0.431 bits per heavy atom. The molecule has 13 heteroatoms. The second-order valence-electron chi connectivity index (χ2n) is 18.0. The maximum absolute atomic E-state index is 16.7. The van der Waals surface area contributed by atoms with E-state index in [4.69, 9.17) is 17.5 Å². The van der Waals surface area contributed by atoms with Crippen molar-refractivity contribution < 1.29 is 8.78 Å². The van der Waals surface area contributed by atoms with Crippen molar-refractivity contribution in [1.29, 1.82) is 0 Å². The van der Waals surface area contributed by atoms with Crippen LogP contribution in [0.5, 0.6) is 0 Å². The van der Waals surface area contributed by atoms with E-state index in [9.17, 15) is 0 Å². The smallest absolute Gasteiger partial charge is 0.134 e. The zero-order valence-electron chi connectivity index (χ0n) is 38.3. The molecule has 8 aromatic rings. The van der Waals surface area contributed by atoms with Gasteiger partial charge in [0, 0.05) is 50.1 Å². The van der Waals surface area contributed by atoms with E-state index in [2.05, 4.69) is 64.1 Å². The summed E-state index contributed by atoms with van der Waals surface area (Å²) in [6.45, 7) is 9.05. The van der Waals surface area contributed by atoms with Gasteiger partial charge in [-0.3, -0.25) is 0 Å². The summed E-state index contributed by atoms with van der Waals surface area (Å²) in [5.74, 6) is -0.459. The Balaban J connectivity index is 1.12. The topological polar surface area (TPSA) is 51.6 Å². The number of aromatic nitrogens is 4. The molecule has 342 valence electrons. The second kappa shape index (κ2) is 21.5. The largest absolute Gasteiger partial charge is 0.206 e. The highest BCUT2D eigenvalue weighted by molar-refractivity contribution is 7.31. The molecule has 9 rings (SSSR count). The van der Waals surface area contributed by atoms with Gasteiger partial charge in [0.2, 0.25) is 0 Å². The summed E-state index contributed by atoms with van der Waals surface area (Å²) in [7, 11) is -2.31. The Labute approximate surface area is 409 Å². The highest BCUT2D eigenvalue weighted by Crippen LogP contribution is 2.50. The highest BCUT2D eigenvalue weighted by atomic mass is 32.1. The summed E-state index contributed by atoms with van der Waals surface area (Å²) in [6.07, 6.45) is 21.5. The average molecular weight is 1000 g/mol. The molecule has 0 saturated carbocycles. The number of halogens is 2. The Morgan fingerprint density at radius 2 is 0.831 bits per heavy atom. The third kappa shape index (κ3) is 9.55. The number of hydrogen-bond acceptors (Lipinski definition) is 10. The van der Waals surface area contributed by atoms with Crippen molar-refractivity contribution in [1.82, 2.24) is 17.5 Å². The van der Waals surface area contributed by atoms with Gasteiger partial charge in [0.1, 0.15) is 41.8 Å². The molecule has 0 amide bonds. The van der Waals surface area contributed by atoms with Gasteiger partial charge in [0.15, 0.2) is 0 Å². The number of rotatable bonds is 24. The average Bonchev–Trinajstić information content (AvgIpc) is 4.17. The molecule has 6 aromatic heterocycles. The molecule has 0 radical (unpaired) electrons. The van der Waals surface area contributed by atoms with Crippen molar-refractivity contribution in [2.75, 3.05) is 0 Å². The molecule has 0 spiro atoms. The minimum absolute atomic E-state index is 0.230. The van der Waals surface area contributed by atoms with Crippen LogP contribution in [0.2, 0.25) is 12.1 Å². The molecule has 0 bridgehead atoms. The molecule has 1 aliphatic rings. The van der Waals surface area contributed by atoms with Crippen LogP contribution in [0.3, 0.4) is 0 Å². The first-order chi connectivity index (χ1) is 31.9. The van der Waals surface area contributed by atoms with Crippen LogP contribution in [0.4, 0.5) is 8.78 Å². The predicted octanol–water partition coefficient (Wildman–Crippen LogP) is 17.8. The van der Waals surface area contributed by atoms with E-state index < -0.39 is 8.07 Å². The number of nitrogens with zero attached hydrogens (tertiary/aromatic N) is 4. The lowest BCUT2D eigenvalue weighted by Gasteiger charge is -2.29. The third-order valence-electron chi connectivity index (χ3n) is 13.5. The Kier molecular flexibility index (Phi) is 15.6. The SMILES string of the molecule is CCCCCCc1ccc(-c2c(F)cc(-c3cc4c(s3)-c3sc(-c5cc(F)c(-c6ccc(CCCCCC)s6)c6nsnc56)cc3[Si]4(CCCCCC)CCCCCC)c3nsnc23)s1. The third-order valence-corrected chi connectivity index (χ3v) is 25.0. The molecule has 0 fully saturated rings. The molecule has 65 heavy (non-hydrogen) atoms. The number of unbranched alkanes of at least 4 members (excludes halogenated alkanes) is 12. The minimum atomic E-state index is -2.31. The van der Waals surface area contributed by atoms with Crippen molar-refractivity contribution >= 4 is 109 Å². The van der Waals surface area contributed by atoms with Crippen LogP contribution in [0.1, 0.15) is 140 Å². The molecular formula is C52H60F2N4S6Si. The molecule has 7 heterocycles. The van der Waals surface area contributed by atoms with Gasteiger partial charge >= 0.3 is 0 Å². The summed E-state index contributed by atoms with van der Waals surface area (Å²) in [6, 6.07) is 19.2. The second-order valence-corrected chi connectivity index (χ2v) is 27.8. The normalized spacial score (nSPS) is 13.2. The maximum atomic E-state index is 16.7. The first kappa shape index (κ1) is 47.0. The zero-order chi connectivity index (χ0) is 44.9. The summed E-state index contributed by atoms with van der Waals surface area (Å²) in [5, 5.41) is 3.02. The van der Waals surface area contributed by atoms with Gasteiger partial charge < -0.3 is 0 Å². The lowest BCUT2D eigenvalue weighted by Crippen LogP contribution is -2.54. The van der Waals surface area contributed by atoms with Crippen LogP contribution in [0, 0.1) is 11.6 Å². The summed E-state index contributed by atoms with van der Waals surface area (Å²) >= 11 is 9.34. The fourth-order valence-corrected chi connectivity index (χ4v) is 22.8. The molecule has 0 atom stereocenters. The van der Waals surface area contributed by atoms with Crippen molar-refractivity contribution in [3.8, 4) is 51.5 Å². The van der Waals surface area contributed by atoms with Crippen LogP contribution in [0.25, 0.3) is 73.6 Å². The monoisotopic (exact) mass is 998 g/mol. The first-order valence-corrected chi connectivity index (χ1v) is 31.4. The first-order valence-electron chi connectivity index (χ1n) is 24.3. The fourth-order valence-electron chi connectivity index (χ4n) is 10.0. The quantitative estimate of drug-likeness (QED) is 0.0447. The van der Waals surface area contributed by atoms with Gasteiger partial charge in [-0.25, -0.2) is 8.78 Å². The summed E-state index contributed by atoms with van der Waals surface area (Å²) < 4.78 is 52.7. The fraction of sp³-hybridized carbons (Fsp3) is 0.462. The van der Waals surface area contributed by atoms with Gasteiger partial charge in [0.25, 0.3) is 0 Å². The van der Waals surface area contributed by atoms with E-state index in [1.165, 1.54) is 155 Å². The number of fused-ring (bicyclic) bond motifs is 5. The highest BCUT2D eigenvalue weighted by Gasteiger charge is 2.48. The maximum Gasteiger partial charge on any atom is 0.134 e. The number of thiophene rings is 4. The van der Waals surface area contributed by atoms with Crippen LogP contribution < -0.4 is 10.4 Å². The van der Waals surface area contributed by atoms with E-state index in [-0.39, 0.29) is 11.6 Å². The molecule has 4 nitrogen and oxygen atoms in total. The standard InChI is InChI=1S/C52H60F2N4S6Si/c1-5-9-13-17-21-33-23-25-39(59-33)45-37(53)29-35(47-49(45)57-63-55-47)41-31-43-51(61-41)52-44(65(43,27-19-15-11-7-3)28-20-16-12-8-4)32-42(62-52)36-30-38(54)46(50-48(36)56-64-58-50)40-26-24-34(60-40)22-18-14-10-6-2/h23-26,29-32H,5-22,27-28H2,1-4H3. The predicted molar refractivity (Wildman–Crippen MR) is 286 cm³/mol. The molecule has 0 aliphatic carbocycles. The number of hydrogen-bond donors (Lipinski definition) is 0. The van der Waals surface area contributed by atoms with Crippen LogP contribution in [-0.4, -0.2) is 25.6 Å². The molecule has 0 saturated heterocycles. The summed E-state index contributed by atoms with van der Waals surface area (Å²) in [5.41, 5.74) is 5.75. The van der Waals surface area contributed by atoms with Gasteiger partial charge in [0.05, 0.1) is 34.6 Å². The van der Waals surface area contributed by atoms with E-state index in [0.29, 0.717) is 22.2 Å². The molecule has 2 aromatic carbocycles. The van der Waals surface area contributed by atoms with Gasteiger partial charge in [-0.05, 0) is 96.7 Å². The van der Waals surface area contributed by atoms with Crippen molar-refractivity contribution in [2.24, 2.45) is 0 Å². The molecule has 0 N–H and O–H groups in total. The summed E-state index contributed by atoms with van der Waals surface area (Å²) in [4.78, 5) is 9.25. The minimum Gasteiger partial charge on any atom is -0.206 e. The molecule has 1 aliphatic heterocycles. The van der Waals surface area contributed by atoms with Crippen LogP contribution >= 0.6 is 68.8 Å². The molecular weight excluding hydrogens is 939 g/mol. The van der Waals surface area contributed by atoms with E-state index >= 15 is 8.78 Å².